The van der Waals surface area contributed by atoms with Gasteiger partial charge in [0.15, 0.2) is 0 Å². The second-order valence-corrected chi connectivity index (χ2v) is 6.35. The van der Waals surface area contributed by atoms with Crippen LogP contribution in [0.4, 0.5) is 0 Å². The Bertz CT molecular complexity index is 421. The van der Waals surface area contributed by atoms with Crippen molar-refractivity contribution in [2.24, 2.45) is 11.1 Å². The van der Waals surface area contributed by atoms with Gasteiger partial charge in [0.2, 0.25) is 5.91 Å². The zero-order valence-corrected chi connectivity index (χ0v) is 12.9. The van der Waals surface area contributed by atoms with E-state index in [1.54, 1.807) is 7.11 Å². The Morgan fingerprint density at radius 3 is 2.40 bits per heavy atom. The van der Waals surface area contributed by atoms with Gasteiger partial charge in [-0.1, -0.05) is 32.9 Å². The largest absolute Gasteiger partial charge is 0.497 e. The minimum absolute atomic E-state index is 0.00225. The number of nitrogens with two attached hydrogens (primary N) is 1. The highest BCUT2D eigenvalue weighted by Gasteiger charge is 2.17. The fourth-order valence-electron chi connectivity index (χ4n) is 2.11. The van der Waals surface area contributed by atoms with Crippen LogP contribution in [-0.2, 0) is 11.3 Å². The summed E-state index contributed by atoms with van der Waals surface area (Å²) in [5, 5.41) is 2.89. The molecule has 0 saturated heterocycles. The Kier molecular flexibility index (Phi) is 6.02. The van der Waals surface area contributed by atoms with Gasteiger partial charge >= 0.3 is 0 Å². The molecule has 0 spiro atoms. The summed E-state index contributed by atoms with van der Waals surface area (Å²) in [5.74, 6) is 0.810. The van der Waals surface area contributed by atoms with Crippen LogP contribution in [0, 0.1) is 5.41 Å². The molecule has 112 valence electrons. The van der Waals surface area contributed by atoms with E-state index in [-0.39, 0.29) is 17.4 Å². The predicted molar refractivity (Wildman–Crippen MR) is 81.5 cm³/mol. The van der Waals surface area contributed by atoms with Crippen molar-refractivity contribution < 1.29 is 9.53 Å². The number of benzene rings is 1. The van der Waals surface area contributed by atoms with Crippen molar-refractivity contribution in [1.29, 1.82) is 0 Å². The minimum Gasteiger partial charge on any atom is -0.497 e. The van der Waals surface area contributed by atoms with E-state index in [1.165, 1.54) is 0 Å². The quantitative estimate of drug-likeness (QED) is 0.840. The minimum atomic E-state index is -0.0918. The maximum atomic E-state index is 11.8. The van der Waals surface area contributed by atoms with Crippen molar-refractivity contribution in [1.82, 2.24) is 5.32 Å². The molecule has 0 aliphatic carbocycles. The van der Waals surface area contributed by atoms with Crippen molar-refractivity contribution in [3.8, 4) is 5.75 Å². The lowest BCUT2D eigenvalue weighted by Crippen LogP contribution is -2.33. The van der Waals surface area contributed by atoms with Crippen LogP contribution in [-0.4, -0.2) is 19.1 Å². The van der Waals surface area contributed by atoms with E-state index >= 15 is 0 Å². The van der Waals surface area contributed by atoms with E-state index in [0.717, 1.165) is 17.7 Å². The van der Waals surface area contributed by atoms with Gasteiger partial charge in [-0.25, -0.2) is 0 Å². The zero-order chi connectivity index (χ0) is 15.2. The first kappa shape index (κ1) is 16.5. The molecule has 1 unspecified atom stereocenters. The summed E-state index contributed by atoms with van der Waals surface area (Å²) in [7, 11) is 1.63. The second-order valence-electron chi connectivity index (χ2n) is 6.35. The van der Waals surface area contributed by atoms with E-state index in [2.05, 4.69) is 26.1 Å². The topological polar surface area (TPSA) is 64.3 Å². The lowest BCUT2D eigenvalue weighted by Gasteiger charge is -2.22. The number of carbonyl (C=O) groups excluding carboxylic acids is 1. The maximum absolute atomic E-state index is 11.8. The molecule has 1 aromatic carbocycles. The molecule has 0 aliphatic rings. The third kappa shape index (κ3) is 6.57. The molecule has 0 heterocycles. The molecule has 0 radical (unpaired) electrons. The van der Waals surface area contributed by atoms with Crippen LogP contribution in [0.15, 0.2) is 24.3 Å². The summed E-state index contributed by atoms with van der Waals surface area (Å²) >= 11 is 0. The average molecular weight is 278 g/mol. The van der Waals surface area contributed by atoms with Gasteiger partial charge in [0.25, 0.3) is 0 Å². The Morgan fingerprint density at radius 1 is 1.30 bits per heavy atom. The lowest BCUT2D eigenvalue weighted by atomic mass is 9.87. The molecule has 0 aromatic heterocycles. The lowest BCUT2D eigenvalue weighted by molar-refractivity contribution is -0.121. The predicted octanol–water partition coefficient (Wildman–Crippen LogP) is 2.46. The Morgan fingerprint density at radius 2 is 1.90 bits per heavy atom. The number of nitrogens with one attached hydrogen (secondary N) is 1. The van der Waals surface area contributed by atoms with Crippen LogP contribution >= 0.6 is 0 Å². The van der Waals surface area contributed by atoms with Gasteiger partial charge in [-0.15, -0.1) is 0 Å². The molecule has 0 bridgehead atoms. The number of ether oxygens (including phenoxy) is 1. The molecule has 0 aliphatic heterocycles. The number of rotatable bonds is 6. The third-order valence-corrected chi connectivity index (χ3v) is 2.97. The molecule has 4 heteroatoms. The van der Waals surface area contributed by atoms with E-state index < -0.39 is 0 Å². The van der Waals surface area contributed by atoms with Crippen molar-refractivity contribution in [2.75, 3.05) is 7.11 Å². The smallest absolute Gasteiger partial charge is 0.221 e. The highest BCUT2D eigenvalue weighted by atomic mass is 16.5. The summed E-state index contributed by atoms with van der Waals surface area (Å²) in [4.78, 5) is 11.8. The monoisotopic (exact) mass is 278 g/mol. The van der Waals surface area contributed by atoms with E-state index in [1.807, 2.05) is 24.3 Å². The van der Waals surface area contributed by atoms with Gasteiger partial charge in [0.05, 0.1) is 7.11 Å². The summed E-state index contributed by atoms with van der Waals surface area (Å²) in [5.41, 5.74) is 7.18. The first-order valence-corrected chi connectivity index (χ1v) is 6.95. The van der Waals surface area contributed by atoms with Crippen LogP contribution < -0.4 is 15.8 Å². The Balaban J connectivity index is 2.35. The zero-order valence-electron chi connectivity index (χ0n) is 12.9. The van der Waals surface area contributed by atoms with Crippen molar-refractivity contribution in [3.63, 3.8) is 0 Å². The molecular weight excluding hydrogens is 252 g/mol. The normalized spacial score (nSPS) is 12.8. The molecule has 1 atom stereocenters. The summed E-state index contributed by atoms with van der Waals surface area (Å²) in [6, 6.07) is 7.55. The van der Waals surface area contributed by atoms with Crippen LogP contribution in [0.1, 0.15) is 39.2 Å². The average Bonchev–Trinajstić information content (AvgIpc) is 2.34. The molecule has 4 nitrogen and oxygen atoms in total. The van der Waals surface area contributed by atoms with Crippen LogP contribution in [0.25, 0.3) is 0 Å². The van der Waals surface area contributed by atoms with Gasteiger partial charge in [-0.3, -0.25) is 4.79 Å². The first-order valence-electron chi connectivity index (χ1n) is 6.95. The fourth-order valence-corrected chi connectivity index (χ4v) is 2.11. The van der Waals surface area contributed by atoms with E-state index in [4.69, 9.17) is 10.5 Å². The maximum Gasteiger partial charge on any atom is 0.221 e. The second kappa shape index (κ2) is 7.29. The molecule has 0 saturated carbocycles. The summed E-state index contributed by atoms with van der Waals surface area (Å²) in [6.07, 6.45) is 1.20. The number of carbonyl (C=O) groups is 1. The van der Waals surface area contributed by atoms with Crippen LogP contribution in [0.5, 0.6) is 5.75 Å². The van der Waals surface area contributed by atoms with Gasteiger partial charge in [0, 0.05) is 19.0 Å². The van der Waals surface area contributed by atoms with Gasteiger partial charge in [0.1, 0.15) is 5.75 Å². The third-order valence-electron chi connectivity index (χ3n) is 2.97. The molecule has 1 rings (SSSR count). The number of hydrogen-bond acceptors (Lipinski definition) is 3. The standard InChI is InChI=1S/C16H26N2O2/c1-16(2,3)10-13(17)9-15(19)18-11-12-5-7-14(20-4)8-6-12/h5-8,13H,9-11,17H2,1-4H3,(H,18,19). The number of amides is 1. The van der Waals surface area contributed by atoms with Gasteiger partial charge in [-0.05, 0) is 29.5 Å². The van der Waals surface area contributed by atoms with Gasteiger partial charge < -0.3 is 15.8 Å². The number of methoxy groups -OCH3 is 1. The highest BCUT2D eigenvalue weighted by Crippen LogP contribution is 2.21. The van der Waals surface area contributed by atoms with E-state index in [0.29, 0.717) is 13.0 Å². The van der Waals surface area contributed by atoms with Crippen molar-refractivity contribution in [2.45, 2.75) is 46.2 Å². The molecule has 0 fully saturated rings. The summed E-state index contributed by atoms with van der Waals surface area (Å²) in [6.45, 7) is 6.90. The molecule has 20 heavy (non-hydrogen) atoms. The van der Waals surface area contributed by atoms with E-state index in [9.17, 15) is 4.79 Å². The van der Waals surface area contributed by atoms with Crippen molar-refractivity contribution >= 4 is 5.91 Å². The molecule has 1 aromatic rings. The van der Waals surface area contributed by atoms with Gasteiger partial charge in [-0.2, -0.15) is 0 Å². The van der Waals surface area contributed by atoms with Crippen molar-refractivity contribution in [3.05, 3.63) is 29.8 Å². The Labute approximate surface area is 121 Å². The fraction of sp³-hybridized carbons (Fsp3) is 0.562. The first-order chi connectivity index (χ1) is 9.30. The molecule has 3 N–H and O–H groups in total. The highest BCUT2D eigenvalue weighted by molar-refractivity contribution is 5.76. The molecule has 1 amide bonds. The van der Waals surface area contributed by atoms with Crippen LogP contribution in [0.3, 0.4) is 0 Å². The SMILES string of the molecule is COc1ccc(CNC(=O)CC(N)CC(C)(C)C)cc1. The van der Waals surface area contributed by atoms with Crippen LogP contribution in [0.2, 0.25) is 0 Å². The Hall–Kier alpha value is -1.55. The summed E-state index contributed by atoms with van der Waals surface area (Å²) < 4.78 is 5.09. The number of hydrogen-bond donors (Lipinski definition) is 2. The molecular formula is C16H26N2O2.